The Hall–Kier alpha value is -0.170. The Balaban J connectivity index is 0.000000200. The largest absolute Gasteiger partial charge is 0.255 e. The molecule has 2 rings (SSSR count). The average Bonchev–Trinajstić information content (AvgIpc) is 2.43. The third-order valence-electron chi connectivity index (χ3n) is 2.18. The van der Waals surface area contributed by atoms with Crippen LogP contribution >= 0.6 is 43.6 Å². The predicted octanol–water partition coefficient (Wildman–Crippen LogP) is 5.65. The molecule has 0 aliphatic heterocycles. The number of alkyl halides is 1. The molecule has 2 aromatic carbocycles. The first-order valence-corrected chi connectivity index (χ1v) is 9.69. The summed E-state index contributed by atoms with van der Waals surface area (Å²) in [6, 6.07) is 14.7. The summed E-state index contributed by atoms with van der Waals surface area (Å²) < 4.78 is 24.6. The van der Waals surface area contributed by atoms with Crippen LogP contribution < -0.4 is 0 Å². The minimum atomic E-state index is -0.858. The highest BCUT2D eigenvalue weighted by molar-refractivity contribution is 9.10. The predicted molar refractivity (Wildman–Crippen MR) is 92.4 cm³/mol. The lowest BCUT2D eigenvalue weighted by Gasteiger charge is -1.94. The fourth-order valence-corrected chi connectivity index (χ4v) is 2.72. The highest BCUT2D eigenvalue weighted by Crippen LogP contribution is 2.20. The van der Waals surface area contributed by atoms with Crippen LogP contribution in [0.1, 0.15) is 0 Å². The van der Waals surface area contributed by atoms with E-state index in [0.717, 1.165) is 18.7 Å². The molecule has 0 aromatic heterocycles. The molecule has 0 radical (unpaired) electrons. The van der Waals surface area contributed by atoms with Gasteiger partial charge in [-0.1, -0.05) is 43.6 Å². The summed E-state index contributed by atoms with van der Waals surface area (Å²) in [6.07, 6.45) is 1.67. The molecule has 1 atom stereocenters. The van der Waals surface area contributed by atoms with E-state index in [2.05, 4.69) is 31.9 Å². The van der Waals surface area contributed by atoms with Gasteiger partial charge in [0.25, 0.3) is 0 Å². The molecule has 0 spiro atoms. The molecule has 6 heteroatoms. The maximum Gasteiger partial charge on any atom is 0.139 e. The molecule has 0 saturated carbocycles. The van der Waals surface area contributed by atoms with Crippen molar-refractivity contribution >= 4 is 54.4 Å². The Kier molecular flexibility index (Phi) is 8.68. The van der Waals surface area contributed by atoms with Crippen molar-refractivity contribution in [2.75, 3.05) is 12.3 Å². The van der Waals surface area contributed by atoms with Gasteiger partial charge in [0.1, 0.15) is 6.01 Å². The summed E-state index contributed by atoms with van der Waals surface area (Å²) in [5.74, 6) is 0. The topological polar surface area (TPSA) is 17.1 Å². The van der Waals surface area contributed by atoms with Gasteiger partial charge in [0, 0.05) is 35.8 Å². The zero-order chi connectivity index (χ0) is 15.0. The monoisotopic (exact) mass is 438 g/mol. The average molecular weight is 440 g/mol. The highest BCUT2D eigenvalue weighted by Gasteiger charge is 1.94. The number of thioether (sulfide) groups is 1. The molecule has 0 aliphatic carbocycles. The Morgan fingerprint density at radius 3 is 1.85 bits per heavy atom. The van der Waals surface area contributed by atoms with Crippen molar-refractivity contribution in [1.29, 1.82) is 0 Å². The van der Waals surface area contributed by atoms with Gasteiger partial charge < -0.3 is 0 Å². The lowest BCUT2D eigenvalue weighted by Crippen LogP contribution is -1.84. The summed E-state index contributed by atoms with van der Waals surface area (Å²) in [5.41, 5.74) is 0. The van der Waals surface area contributed by atoms with Gasteiger partial charge >= 0.3 is 0 Å². The van der Waals surface area contributed by atoms with Gasteiger partial charge in [-0.05, 0) is 48.5 Å². The first-order valence-electron chi connectivity index (χ1n) is 5.56. The summed E-state index contributed by atoms with van der Waals surface area (Å²) in [5, 5.41) is 0. The van der Waals surface area contributed by atoms with Gasteiger partial charge in [0.2, 0.25) is 0 Å². The second-order valence-electron chi connectivity index (χ2n) is 3.62. The van der Waals surface area contributed by atoms with Crippen molar-refractivity contribution in [2.24, 2.45) is 0 Å². The molecule has 2 aromatic rings. The van der Waals surface area contributed by atoms with Gasteiger partial charge in [0.15, 0.2) is 0 Å². The zero-order valence-electron chi connectivity index (χ0n) is 10.7. The van der Waals surface area contributed by atoms with E-state index in [4.69, 9.17) is 0 Å². The van der Waals surface area contributed by atoms with E-state index in [0.29, 0.717) is 0 Å². The number of hydrogen-bond donors (Lipinski definition) is 0. The highest BCUT2D eigenvalue weighted by atomic mass is 79.9. The zero-order valence-corrected chi connectivity index (χ0v) is 15.5. The SMILES string of the molecule is CS(=O)c1ccc(Br)cc1.FCSc1ccc(Br)cc1. The Morgan fingerprint density at radius 1 is 1.00 bits per heavy atom. The van der Waals surface area contributed by atoms with E-state index in [9.17, 15) is 8.60 Å². The fraction of sp³-hybridized carbons (Fsp3) is 0.143. The molecule has 1 nitrogen and oxygen atoms in total. The van der Waals surface area contributed by atoms with Crippen LogP contribution in [0.15, 0.2) is 67.3 Å². The molecule has 0 heterocycles. The van der Waals surface area contributed by atoms with Crippen molar-refractivity contribution < 1.29 is 8.60 Å². The van der Waals surface area contributed by atoms with Gasteiger partial charge in [0.05, 0.1) is 0 Å². The summed E-state index contributed by atoms with van der Waals surface area (Å²) in [6.45, 7) is 0. The Labute approximate surface area is 142 Å². The lowest BCUT2D eigenvalue weighted by atomic mass is 10.4. The maximum absolute atomic E-state index is 11.7. The molecule has 108 valence electrons. The van der Waals surface area contributed by atoms with Crippen molar-refractivity contribution in [1.82, 2.24) is 0 Å². The molecule has 0 bridgehead atoms. The van der Waals surface area contributed by atoms with E-state index in [1.165, 1.54) is 11.8 Å². The van der Waals surface area contributed by atoms with Crippen LogP contribution in [0.2, 0.25) is 0 Å². The van der Waals surface area contributed by atoms with E-state index >= 15 is 0 Å². The van der Waals surface area contributed by atoms with Crippen molar-refractivity contribution in [3.8, 4) is 0 Å². The second-order valence-corrected chi connectivity index (χ2v) is 7.80. The Morgan fingerprint density at radius 2 is 1.45 bits per heavy atom. The van der Waals surface area contributed by atoms with Gasteiger partial charge in [-0.2, -0.15) is 0 Å². The lowest BCUT2D eigenvalue weighted by molar-refractivity contribution is 0.605. The summed E-state index contributed by atoms with van der Waals surface area (Å²) in [7, 11) is -0.858. The number of halogens is 3. The first-order chi connectivity index (χ1) is 9.52. The Bertz CT molecular complexity index is 544. The third kappa shape index (κ3) is 7.02. The van der Waals surface area contributed by atoms with E-state index < -0.39 is 10.8 Å². The first kappa shape index (κ1) is 17.9. The van der Waals surface area contributed by atoms with Crippen LogP contribution in [-0.2, 0) is 10.8 Å². The number of hydrogen-bond acceptors (Lipinski definition) is 2. The summed E-state index contributed by atoms with van der Waals surface area (Å²) in [4.78, 5) is 1.83. The van der Waals surface area contributed by atoms with Crippen molar-refractivity contribution in [3.63, 3.8) is 0 Å². The molecule has 1 unspecified atom stereocenters. The molecular weight excluding hydrogens is 427 g/mol. The van der Waals surface area contributed by atoms with Gasteiger partial charge in [-0.25, -0.2) is 4.39 Å². The quantitative estimate of drug-likeness (QED) is 0.574. The molecule has 0 amide bonds. The standard InChI is InChI=1S/C7H6BrFS.C7H7BrOS/c8-6-1-3-7(4-2-6)10-5-9;1-10(9)7-4-2-6(8)3-5-7/h1-4H,5H2;2-5H,1H3. The minimum Gasteiger partial charge on any atom is -0.255 e. The van der Waals surface area contributed by atoms with E-state index in [1.807, 2.05) is 48.5 Å². The van der Waals surface area contributed by atoms with Crippen LogP contribution in [0.4, 0.5) is 4.39 Å². The molecule has 0 N–H and O–H groups in total. The minimum absolute atomic E-state index is 0.359. The molecule has 0 aliphatic rings. The molecular formula is C14H13Br2FOS2. The molecule has 0 fully saturated rings. The van der Waals surface area contributed by atoms with Crippen LogP contribution in [0.5, 0.6) is 0 Å². The van der Waals surface area contributed by atoms with Crippen LogP contribution in [-0.4, -0.2) is 16.5 Å². The maximum atomic E-state index is 11.7. The van der Waals surface area contributed by atoms with Crippen LogP contribution in [0.3, 0.4) is 0 Å². The van der Waals surface area contributed by atoms with Gasteiger partial charge in [-0.3, -0.25) is 4.21 Å². The van der Waals surface area contributed by atoms with Crippen molar-refractivity contribution in [2.45, 2.75) is 9.79 Å². The second kappa shape index (κ2) is 9.71. The molecule has 0 saturated heterocycles. The third-order valence-corrected chi connectivity index (χ3v) is 4.89. The van der Waals surface area contributed by atoms with Gasteiger partial charge in [-0.15, -0.1) is 0 Å². The smallest absolute Gasteiger partial charge is 0.139 e. The van der Waals surface area contributed by atoms with Crippen LogP contribution in [0.25, 0.3) is 0 Å². The normalized spacial score (nSPS) is 11.4. The summed E-state index contributed by atoms with van der Waals surface area (Å²) >= 11 is 7.79. The fourth-order valence-electron chi connectivity index (χ4n) is 1.22. The number of benzene rings is 2. The number of rotatable bonds is 3. The van der Waals surface area contributed by atoms with E-state index in [1.54, 1.807) is 6.26 Å². The van der Waals surface area contributed by atoms with Crippen molar-refractivity contribution in [3.05, 3.63) is 57.5 Å². The molecule has 20 heavy (non-hydrogen) atoms. The van der Waals surface area contributed by atoms with Crippen LogP contribution in [0, 0.1) is 0 Å². The van der Waals surface area contributed by atoms with E-state index in [-0.39, 0.29) is 6.01 Å².